The van der Waals surface area contributed by atoms with E-state index in [0.717, 1.165) is 122 Å². The van der Waals surface area contributed by atoms with Gasteiger partial charge in [0.2, 0.25) is 0 Å². The van der Waals surface area contributed by atoms with Crippen molar-refractivity contribution in [3.8, 4) is 50.8 Å². The van der Waals surface area contributed by atoms with Gasteiger partial charge in [0.1, 0.15) is 0 Å². The van der Waals surface area contributed by atoms with Crippen LogP contribution >= 0.6 is 0 Å². The molecule has 0 N–H and O–H groups in total. The SMILES string of the molecule is Cc1cc(-c2cc3c(cc2C#N)-n2c4cc(-c5ccccc5C)ccc4c4ccc(cc42)C(c2ccccc2C)(c2ccccc2C)c2ccc4c5ccc(-c6ccccc6C)cc5n-3c4c2)cc(C(F)(F)F)c1. The van der Waals surface area contributed by atoms with Crippen molar-refractivity contribution < 1.29 is 13.2 Å². The molecule has 1 aliphatic rings. The summed E-state index contributed by atoms with van der Waals surface area (Å²) >= 11 is 0. The molecule has 0 fully saturated rings. The van der Waals surface area contributed by atoms with Gasteiger partial charge < -0.3 is 9.13 Å². The number of hydrogen-bond donors (Lipinski definition) is 0. The first kappa shape index (κ1) is 45.0. The van der Waals surface area contributed by atoms with E-state index in [-0.39, 0.29) is 5.56 Å². The van der Waals surface area contributed by atoms with E-state index in [1.807, 2.05) is 18.2 Å². The number of nitrogens with zero attached hydrogens (tertiary/aromatic N) is 3. The molecule has 1 aliphatic heterocycles. The van der Waals surface area contributed by atoms with Crippen LogP contribution in [0, 0.1) is 45.9 Å². The molecule has 0 unspecified atom stereocenters. The highest BCUT2D eigenvalue weighted by atomic mass is 19.4. The molecule has 3 heterocycles. The van der Waals surface area contributed by atoms with Crippen molar-refractivity contribution >= 4 is 43.6 Å². The van der Waals surface area contributed by atoms with Crippen molar-refractivity contribution in [3.05, 3.63) is 261 Å². The Morgan fingerprint density at radius 2 is 0.838 bits per heavy atom. The number of hydrogen-bond acceptors (Lipinski definition) is 1. The van der Waals surface area contributed by atoms with Crippen molar-refractivity contribution in [3.63, 3.8) is 0 Å². The van der Waals surface area contributed by atoms with Crippen LogP contribution in [0.2, 0.25) is 0 Å². The van der Waals surface area contributed by atoms with Gasteiger partial charge in [-0.3, -0.25) is 0 Å². The van der Waals surface area contributed by atoms with E-state index in [9.17, 15) is 18.4 Å². The van der Waals surface area contributed by atoms with Crippen molar-refractivity contribution in [2.75, 3.05) is 0 Å². The molecule has 0 amide bonds. The van der Waals surface area contributed by atoms with Crippen LogP contribution in [0.15, 0.2) is 200 Å². The molecule has 12 aromatic rings. The third kappa shape index (κ3) is 6.66. The number of aromatic nitrogens is 2. The van der Waals surface area contributed by atoms with Gasteiger partial charge in [-0.25, -0.2) is 0 Å². The Labute approximate surface area is 427 Å². The van der Waals surface area contributed by atoms with Crippen LogP contribution in [0.5, 0.6) is 0 Å². The monoisotopic (exact) mass is 963 g/mol. The molecule has 0 saturated heterocycles. The van der Waals surface area contributed by atoms with Crippen LogP contribution in [0.25, 0.3) is 88.4 Å². The van der Waals surface area contributed by atoms with Crippen molar-refractivity contribution in [1.29, 1.82) is 5.26 Å². The topological polar surface area (TPSA) is 33.6 Å². The van der Waals surface area contributed by atoms with Crippen molar-refractivity contribution in [2.45, 2.75) is 46.2 Å². The van der Waals surface area contributed by atoms with Gasteiger partial charge in [-0.05, 0) is 161 Å². The van der Waals surface area contributed by atoms with E-state index in [1.54, 1.807) is 13.0 Å². The van der Waals surface area contributed by atoms with Gasteiger partial charge in [-0.2, -0.15) is 18.4 Å². The Hall–Kier alpha value is -8.92. The minimum Gasteiger partial charge on any atom is -0.307 e. The van der Waals surface area contributed by atoms with Crippen molar-refractivity contribution in [1.82, 2.24) is 9.13 Å². The normalized spacial score (nSPS) is 13.0. The van der Waals surface area contributed by atoms with Gasteiger partial charge in [0.25, 0.3) is 0 Å². The molecule has 356 valence electrons. The summed E-state index contributed by atoms with van der Waals surface area (Å²) in [5, 5.41) is 15.4. The Kier molecular flexibility index (Phi) is 10.1. The zero-order chi connectivity index (χ0) is 50.8. The smallest absolute Gasteiger partial charge is 0.307 e. The van der Waals surface area contributed by atoms with Gasteiger partial charge in [0, 0.05) is 27.1 Å². The quantitative estimate of drug-likeness (QED) is 0.169. The second-order valence-corrected chi connectivity index (χ2v) is 20.2. The lowest BCUT2D eigenvalue weighted by Crippen LogP contribution is -2.32. The van der Waals surface area contributed by atoms with E-state index in [0.29, 0.717) is 16.7 Å². The Balaban J connectivity index is 1.29. The number of halogens is 3. The van der Waals surface area contributed by atoms with Crippen LogP contribution in [0.4, 0.5) is 13.2 Å². The highest BCUT2D eigenvalue weighted by Crippen LogP contribution is 2.52. The lowest BCUT2D eigenvalue weighted by molar-refractivity contribution is -0.137. The van der Waals surface area contributed by atoms with Gasteiger partial charge in [-0.15, -0.1) is 0 Å². The standard InChI is InChI=1S/C68H48F3N3/c1-40-30-47(32-51(31-40)68(69,70)71)58-38-66-65(35-48(58)39-72)73-61-33-45(52-18-10-6-14-41(52)2)22-26-54(61)56-28-24-49(36-63(56)73)67(59-20-12-8-16-43(59)4,60-21-13-9-17-44(60)5)50-25-29-57-55-27-23-46(53-19-11-7-15-42(53)3)34-62(55)74(66)64(57)37-50/h6-38H,1-5H3. The zero-order valence-corrected chi connectivity index (χ0v) is 41.5. The van der Waals surface area contributed by atoms with Crippen LogP contribution in [0.1, 0.15) is 61.2 Å². The Bertz CT molecular complexity index is 4340. The molecule has 10 aromatic carbocycles. The maximum Gasteiger partial charge on any atom is 0.416 e. The summed E-state index contributed by atoms with van der Waals surface area (Å²) in [6, 6.07) is 71.7. The average molecular weight is 964 g/mol. The first-order chi connectivity index (χ1) is 35.8. The van der Waals surface area contributed by atoms with E-state index in [4.69, 9.17) is 0 Å². The maximum absolute atomic E-state index is 14.8. The molecule has 0 atom stereocenters. The third-order valence-electron chi connectivity index (χ3n) is 15.8. The average Bonchev–Trinajstić information content (AvgIpc) is 3.90. The number of aryl methyl sites for hydroxylation is 5. The molecule has 74 heavy (non-hydrogen) atoms. The van der Waals surface area contributed by atoms with E-state index >= 15 is 0 Å². The molecule has 0 saturated carbocycles. The second kappa shape index (κ2) is 16.6. The summed E-state index contributed by atoms with van der Waals surface area (Å²) in [6.07, 6.45) is -4.60. The summed E-state index contributed by atoms with van der Waals surface area (Å²) in [6.45, 7) is 10.3. The zero-order valence-electron chi connectivity index (χ0n) is 41.5. The summed E-state index contributed by atoms with van der Waals surface area (Å²) < 4.78 is 48.9. The van der Waals surface area contributed by atoms with Crippen molar-refractivity contribution in [2.24, 2.45) is 0 Å². The van der Waals surface area contributed by atoms with Gasteiger partial charge in [0.15, 0.2) is 0 Å². The number of rotatable bonds is 5. The number of fused-ring (bicyclic) bond motifs is 11. The molecule has 0 aliphatic carbocycles. The predicted molar refractivity (Wildman–Crippen MR) is 297 cm³/mol. The minimum atomic E-state index is -4.60. The maximum atomic E-state index is 14.8. The van der Waals surface area contributed by atoms with E-state index in [2.05, 4.69) is 207 Å². The minimum absolute atomic E-state index is 0.259. The van der Waals surface area contributed by atoms with Gasteiger partial charge in [0.05, 0.1) is 56.1 Å². The summed E-state index contributed by atoms with van der Waals surface area (Å²) in [5.74, 6) is 0. The van der Waals surface area contributed by atoms with Crippen LogP contribution in [-0.2, 0) is 11.6 Å². The molecule has 13 rings (SSSR count). The van der Waals surface area contributed by atoms with E-state index < -0.39 is 17.2 Å². The molecular formula is C68H48F3N3. The van der Waals surface area contributed by atoms with Crippen LogP contribution in [-0.4, -0.2) is 9.13 Å². The largest absolute Gasteiger partial charge is 0.416 e. The first-order valence-electron chi connectivity index (χ1n) is 25.0. The Morgan fingerprint density at radius 1 is 0.405 bits per heavy atom. The fourth-order valence-corrected chi connectivity index (χ4v) is 12.4. The highest BCUT2D eigenvalue weighted by molar-refractivity contribution is 6.13. The lowest BCUT2D eigenvalue weighted by Gasteiger charge is -2.39. The van der Waals surface area contributed by atoms with Gasteiger partial charge >= 0.3 is 6.18 Å². The summed E-state index contributed by atoms with van der Waals surface area (Å²) in [4.78, 5) is 0. The molecule has 2 aromatic heterocycles. The molecule has 0 spiro atoms. The molecule has 6 heteroatoms. The van der Waals surface area contributed by atoms with Crippen LogP contribution in [0.3, 0.4) is 0 Å². The van der Waals surface area contributed by atoms with E-state index in [1.165, 1.54) is 12.1 Å². The first-order valence-corrected chi connectivity index (χ1v) is 25.0. The van der Waals surface area contributed by atoms with Gasteiger partial charge in [-0.1, -0.05) is 152 Å². The fraction of sp³-hybridized carbons (Fsp3) is 0.103. The number of benzene rings is 10. The Morgan fingerprint density at radius 3 is 1.30 bits per heavy atom. The predicted octanol–water partition coefficient (Wildman–Crippen LogP) is 18.0. The second-order valence-electron chi connectivity index (χ2n) is 20.2. The number of alkyl halides is 3. The lowest BCUT2D eigenvalue weighted by atomic mass is 9.63. The molecular weight excluding hydrogens is 916 g/mol. The summed E-state index contributed by atoms with van der Waals surface area (Å²) in [7, 11) is 0. The molecule has 3 nitrogen and oxygen atoms in total. The number of nitriles is 1. The summed E-state index contributed by atoms with van der Waals surface area (Å²) in [5.41, 5.74) is 18.2. The third-order valence-corrected chi connectivity index (χ3v) is 15.8. The fourth-order valence-electron chi connectivity index (χ4n) is 12.4. The highest BCUT2D eigenvalue weighted by Gasteiger charge is 2.42. The van der Waals surface area contributed by atoms with Crippen LogP contribution < -0.4 is 0 Å². The molecule has 0 radical (unpaired) electrons. The molecule has 4 bridgehead atoms.